The van der Waals surface area contributed by atoms with Crippen LogP contribution in [0.4, 0.5) is 0 Å². The van der Waals surface area contributed by atoms with Crippen molar-refractivity contribution < 1.29 is 9.59 Å². The van der Waals surface area contributed by atoms with E-state index in [9.17, 15) is 9.59 Å². The topological polar surface area (TPSA) is 80.1 Å². The van der Waals surface area contributed by atoms with Crippen molar-refractivity contribution in [2.24, 2.45) is 5.92 Å². The van der Waals surface area contributed by atoms with Crippen LogP contribution in [0.3, 0.4) is 0 Å². The lowest BCUT2D eigenvalue weighted by atomic mass is 10.0. The van der Waals surface area contributed by atoms with Gasteiger partial charge in [-0.1, -0.05) is 26.7 Å². The Bertz CT molecular complexity index is 916. The first kappa shape index (κ1) is 21.5. The largest absolute Gasteiger partial charge is 0.348 e. The Morgan fingerprint density at radius 3 is 2.65 bits per heavy atom. The fourth-order valence-electron chi connectivity index (χ4n) is 4.67. The third-order valence-electron chi connectivity index (χ3n) is 6.31. The van der Waals surface area contributed by atoms with Gasteiger partial charge in [0.25, 0.3) is 5.91 Å². The van der Waals surface area contributed by atoms with E-state index < -0.39 is 0 Å². The Morgan fingerprint density at radius 1 is 1.19 bits per heavy atom. The van der Waals surface area contributed by atoms with E-state index >= 15 is 0 Å². The number of rotatable bonds is 7. The highest BCUT2D eigenvalue weighted by atomic mass is 16.2. The molecular formula is C24H33N5O2. The molecule has 0 saturated heterocycles. The van der Waals surface area contributed by atoms with Gasteiger partial charge in [0, 0.05) is 62.2 Å². The average molecular weight is 424 g/mol. The van der Waals surface area contributed by atoms with Gasteiger partial charge in [-0.2, -0.15) is 5.10 Å². The van der Waals surface area contributed by atoms with Gasteiger partial charge in [0.1, 0.15) is 0 Å². The minimum Gasteiger partial charge on any atom is -0.348 e. The standard InChI is InChI=1S/C24H33N5O2/c1-17(2)15-29-21-11-14-28(22(30)8-7-18-9-12-25-13-10-18)16-20(21)23(27-29)24(31)26-19-5-3-4-6-19/h9-10,12-13,17,19H,3-8,11,14-16H2,1-2H3,(H,26,31). The van der Waals surface area contributed by atoms with Gasteiger partial charge in [-0.05, 0) is 42.9 Å². The smallest absolute Gasteiger partial charge is 0.272 e. The van der Waals surface area contributed by atoms with Gasteiger partial charge in [0.05, 0.1) is 0 Å². The molecule has 3 heterocycles. The van der Waals surface area contributed by atoms with Crippen molar-refractivity contribution >= 4 is 11.8 Å². The number of nitrogens with one attached hydrogen (secondary N) is 1. The zero-order valence-corrected chi connectivity index (χ0v) is 18.6. The Labute approximate surface area is 184 Å². The molecule has 1 aliphatic heterocycles. The normalized spacial score (nSPS) is 16.5. The number of aryl methyl sites for hydroxylation is 1. The lowest BCUT2D eigenvalue weighted by Gasteiger charge is -2.28. The fourth-order valence-corrected chi connectivity index (χ4v) is 4.67. The molecule has 7 nitrogen and oxygen atoms in total. The highest BCUT2D eigenvalue weighted by Gasteiger charge is 2.31. The zero-order chi connectivity index (χ0) is 21.8. The van der Waals surface area contributed by atoms with Crippen molar-refractivity contribution in [2.45, 2.75) is 77.9 Å². The van der Waals surface area contributed by atoms with Crippen LogP contribution in [0, 0.1) is 5.92 Å². The highest BCUT2D eigenvalue weighted by molar-refractivity contribution is 5.94. The van der Waals surface area contributed by atoms with Crippen molar-refractivity contribution in [3.8, 4) is 0 Å². The van der Waals surface area contributed by atoms with E-state index in [2.05, 4.69) is 24.1 Å². The molecule has 2 aromatic heterocycles. The van der Waals surface area contributed by atoms with Gasteiger partial charge in [0.15, 0.2) is 5.69 Å². The predicted octanol–water partition coefficient (Wildman–Crippen LogP) is 3.12. The number of amides is 2. The second-order valence-corrected chi connectivity index (χ2v) is 9.23. The molecule has 0 spiro atoms. The van der Waals surface area contributed by atoms with Gasteiger partial charge < -0.3 is 10.2 Å². The van der Waals surface area contributed by atoms with Gasteiger partial charge in [-0.3, -0.25) is 19.3 Å². The number of hydrogen-bond donors (Lipinski definition) is 1. The van der Waals surface area contributed by atoms with Gasteiger partial charge >= 0.3 is 0 Å². The Kier molecular flexibility index (Phi) is 6.68. The molecule has 1 fully saturated rings. The number of carbonyl (C=O) groups excluding carboxylic acids is 2. The molecule has 1 saturated carbocycles. The summed E-state index contributed by atoms with van der Waals surface area (Å²) in [6, 6.07) is 4.14. The molecule has 1 aliphatic carbocycles. The first-order chi connectivity index (χ1) is 15.0. The molecule has 2 aliphatic rings. The summed E-state index contributed by atoms with van der Waals surface area (Å²) in [5.41, 5.74) is 3.67. The van der Waals surface area contributed by atoms with Crippen LogP contribution in [0.1, 0.15) is 73.3 Å². The molecule has 4 rings (SSSR count). The Balaban J connectivity index is 1.49. The SMILES string of the molecule is CC(C)Cn1nc(C(=O)NC2CCCC2)c2c1CCN(C(=O)CCc1ccncc1)C2. The maximum atomic E-state index is 13.1. The molecule has 1 N–H and O–H groups in total. The summed E-state index contributed by atoms with van der Waals surface area (Å²) in [6.45, 7) is 6.24. The van der Waals surface area contributed by atoms with Crippen molar-refractivity contribution in [3.63, 3.8) is 0 Å². The minimum absolute atomic E-state index is 0.0864. The van der Waals surface area contributed by atoms with Crippen LogP contribution in [0.15, 0.2) is 24.5 Å². The van der Waals surface area contributed by atoms with E-state index in [4.69, 9.17) is 5.10 Å². The highest BCUT2D eigenvalue weighted by Crippen LogP contribution is 2.25. The number of hydrogen-bond acceptors (Lipinski definition) is 4. The number of pyridine rings is 1. The number of fused-ring (bicyclic) bond motifs is 1. The lowest BCUT2D eigenvalue weighted by Crippen LogP contribution is -2.38. The monoisotopic (exact) mass is 423 g/mol. The third kappa shape index (κ3) is 5.14. The molecule has 0 bridgehead atoms. The number of aromatic nitrogens is 3. The predicted molar refractivity (Wildman–Crippen MR) is 118 cm³/mol. The Hall–Kier alpha value is -2.70. The second kappa shape index (κ2) is 9.62. The summed E-state index contributed by atoms with van der Waals surface area (Å²) >= 11 is 0. The fraction of sp³-hybridized carbons (Fsp3) is 0.583. The molecule has 2 aromatic rings. The first-order valence-electron chi connectivity index (χ1n) is 11.6. The van der Waals surface area contributed by atoms with Crippen LogP contribution in [-0.2, 0) is 30.7 Å². The van der Waals surface area contributed by atoms with Crippen molar-refractivity contribution in [1.82, 2.24) is 25.0 Å². The molecule has 7 heteroatoms. The van der Waals surface area contributed by atoms with E-state index in [0.717, 1.165) is 42.6 Å². The zero-order valence-electron chi connectivity index (χ0n) is 18.6. The second-order valence-electron chi connectivity index (χ2n) is 9.23. The maximum Gasteiger partial charge on any atom is 0.272 e. The summed E-state index contributed by atoms with van der Waals surface area (Å²) in [5, 5.41) is 7.90. The van der Waals surface area contributed by atoms with E-state index in [1.807, 2.05) is 21.7 Å². The van der Waals surface area contributed by atoms with E-state index in [1.165, 1.54) is 12.8 Å². The molecule has 0 radical (unpaired) electrons. The molecular weight excluding hydrogens is 390 g/mol. The summed E-state index contributed by atoms with van der Waals surface area (Å²) in [7, 11) is 0. The van der Waals surface area contributed by atoms with Crippen LogP contribution in [0.25, 0.3) is 0 Å². The van der Waals surface area contributed by atoms with Gasteiger partial charge in [-0.25, -0.2) is 0 Å². The summed E-state index contributed by atoms with van der Waals surface area (Å²) in [5.74, 6) is 0.479. The molecule has 0 aromatic carbocycles. The molecule has 2 amide bonds. The Morgan fingerprint density at radius 2 is 1.94 bits per heavy atom. The van der Waals surface area contributed by atoms with Crippen molar-refractivity contribution in [3.05, 3.63) is 47.0 Å². The number of nitrogens with zero attached hydrogens (tertiary/aromatic N) is 4. The van der Waals surface area contributed by atoms with Crippen molar-refractivity contribution in [1.29, 1.82) is 0 Å². The molecule has 0 atom stereocenters. The van der Waals surface area contributed by atoms with Crippen LogP contribution in [0.5, 0.6) is 0 Å². The lowest BCUT2D eigenvalue weighted by molar-refractivity contribution is -0.132. The van der Waals surface area contributed by atoms with E-state index in [0.29, 0.717) is 37.5 Å². The van der Waals surface area contributed by atoms with Crippen molar-refractivity contribution in [2.75, 3.05) is 6.54 Å². The minimum atomic E-state index is -0.0864. The van der Waals surface area contributed by atoms with Crippen LogP contribution in [0.2, 0.25) is 0 Å². The van der Waals surface area contributed by atoms with E-state index in [1.54, 1.807) is 12.4 Å². The van der Waals surface area contributed by atoms with Gasteiger partial charge in [0.2, 0.25) is 5.91 Å². The maximum absolute atomic E-state index is 13.1. The molecule has 31 heavy (non-hydrogen) atoms. The molecule has 166 valence electrons. The quantitative estimate of drug-likeness (QED) is 0.742. The first-order valence-corrected chi connectivity index (χ1v) is 11.6. The third-order valence-corrected chi connectivity index (χ3v) is 6.31. The van der Waals surface area contributed by atoms with Gasteiger partial charge in [-0.15, -0.1) is 0 Å². The van der Waals surface area contributed by atoms with Crippen LogP contribution in [-0.4, -0.2) is 44.1 Å². The van der Waals surface area contributed by atoms with Crippen LogP contribution < -0.4 is 5.32 Å². The average Bonchev–Trinajstić information content (AvgIpc) is 3.40. The number of carbonyl (C=O) groups is 2. The van der Waals surface area contributed by atoms with Crippen LogP contribution >= 0.6 is 0 Å². The molecule has 0 unspecified atom stereocenters. The summed E-state index contributed by atoms with van der Waals surface area (Å²) < 4.78 is 2.00. The summed E-state index contributed by atoms with van der Waals surface area (Å²) in [6.07, 6.45) is 9.84. The summed E-state index contributed by atoms with van der Waals surface area (Å²) in [4.78, 5) is 31.9. The van der Waals surface area contributed by atoms with E-state index in [-0.39, 0.29) is 17.9 Å².